The van der Waals surface area contributed by atoms with Crippen LogP contribution in [0.2, 0.25) is 0 Å². The van der Waals surface area contributed by atoms with Crippen molar-refractivity contribution in [2.45, 2.75) is 6.42 Å². The molecule has 1 aromatic rings. The Morgan fingerprint density at radius 3 is 3.00 bits per heavy atom. The van der Waals surface area contributed by atoms with Crippen LogP contribution in [0.3, 0.4) is 0 Å². The third kappa shape index (κ3) is 5.36. The molecule has 0 saturated heterocycles. The Bertz CT molecular complexity index is 471. The number of rotatable bonds is 7. The van der Waals surface area contributed by atoms with Gasteiger partial charge in [-0.3, -0.25) is 4.79 Å². The molecule has 0 spiro atoms. The number of nitriles is 1. The zero-order valence-corrected chi connectivity index (χ0v) is 10.7. The molecule has 0 radical (unpaired) electrons. The summed E-state index contributed by atoms with van der Waals surface area (Å²) in [6, 6.07) is 5.78. The van der Waals surface area contributed by atoms with E-state index in [2.05, 4.69) is 10.6 Å². The molecule has 2 N–H and O–H groups in total. The predicted octanol–water partition coefficient (Wildman–Crippen LogP) is 1.26. The van der Waals surface area contributed by atoms with Gasteiger partial charge in [0.1, 0.15) is 11.9 Å². The van der Waals surface area contributed by atoms with E-state index in [1.165, 1.54) is 18.2 Å². The molecule has 6 heteroatoms. The van der Waals surface area contributed by atoms with E-state index in [4.69, 9.17) is 10.00 Å². The molecule has 0 aliphatic carbocycles. The lowest BCUT2D eigenvalue weighted by molar-refractivity contribution is -0.119. The quantitative estimate of drug-likeness (QED) is 0.728. The van der Waals surface area contributed by atoms with E-state index in [1.807, 2.05) is 0 Å². The number of anilines is 1. The number of hydrogen-bond acceptors (Lipinski definition) is 4. The van der Waals surface area contributed by atoms with Crippen molar-refractivity contribution in [1.82, 2.24) is 5.32 Å². The van der Waals surface area contributed by atoms with Crippen LogP contribution in [-0.2, 0) is 9.53 Å². The molecule has 0 fully saturated rings. The molecular weight excluding hydrogens is 249 g/mol. The lowest BCUT2D eigenvalue weighted by Gasteiger charge is -2.08. The topological polar surface area (TPSA) is 74.2 Å². The Labute approximate surface area is 111 Å². The van der Waals surface area contributed by atoms with E-state index in [9.17, 15) is 9.18 Å². The minimum absolute atomic E-state index is 0.0505. The minimum Gasteiger partial charge on any atom is -0.385 e. The fourth-order valence-corrected chi connectivity index (χ4v) is 1.41. The van der Waals surface area contributed by atoms with Gasteiger partial charge in [-0.1, -0.05) is 0 Å². The van der Waals surface area contributed by atoms with Crippen molar-refractivity contribution in [2.75, 3.05) is 32.1 Å². The molecule has 0 bridgehead atoms. The van der Waals surface area contributed by atoms with E-state index in [-0.39, 0.29) is 18.0 Å². The van der Waals surface area contributed by atoms with Crippen molar-refractivity contribution in [1.29, 1.82) is 5.26 Å². The lowest BCUT2D eigenvalue weighted by atomic mass is 10.2. The molecule has 1 amide bonds. The Morgan fingerprint density at radius 2 is 2.32 bits per heavy atom. The summed E-state index contributed by atoms with van der Waals surface area (Å²) in [5.41, 5.74) is 0.482. The summed E-state index contributed by atoms with van der Waals surface area (Å²) in [6.07, 6.45) is 0.747. The summed E-state index contributed by atoms with van der Waals surface area (Å²) in [5, 5.41) is 14.2. The molecule has 0 saturated carbocycles. The van der Waals surface area contributed by atoms with Gasteiger partial charge in [0.15, 0.2) is 0 Å². The highest BCUT2D eigenvalue weighted by Gasteiger charge is 2.04. The summed E-state index contributed by atoms with van der Waals surface area (Å²) in [7, 11) is 1.60. The predicted molar refractivity (Wildman–Crippen MR) is 69.1 cm³/mol. The first-order chi connectivity index (χ1) is 9.17. The first-order valence-corrected chi connectivity index (χ1v) is 5.86. The van der Waals surface area contributed by atoms with Gasteiger partial charge in [-0.25, -0.2) is 4.39 Å². The van der Waals surface area contributed by atoms with Crippen LogP contribution in [0.25, 0.3) is 0 Å². The highest BCUT2D eigenvalue weighted by atomic mass is 19.1. The molecule has 0 aliphatic heterocycles. The van der Waals surface area contributed by atoms with Gasteiger partial charge in [-0.2, -0.15) is 5.26 Å². The molecule has 0 heterocycles. The van der Waals surface area contributed by atoms with E-state index >= 15 is 0 Å². The van der Waals surface area contributed by atoms with Crippen LogP contribution in [0.5, 0.6) is 0 Å². The monoisotopic (exact) mass is 265 g/mol. The van der Waals surface area contributed by atoms with E-state index < -0.39 is 5.82 Å². The first-order valence-electron chi connectivity index (χ1n) is 5.86. The van der Waals surface area contributed by atoms with Crippen molar-refractivity contribution in [2.24, 2.45) is 0 Å². The van der Waals surface area contributed by atoms with Gasteiger partial charge in [-0.15, -0.1) is 0 Å². The standard InChI is InChI=1S/C13H16FN3O2/c1-19-6-2-5-16-13(18)9-17-11-3-4-12(14)10(7-11)8-15/h3-4,7,17H,2,5-6,9H2,1H3,(H,16,18). The van der Waals surface area contributed by atoms with E-state index in [0.717, 1.165) is 6.42 Å². The van der Waals surface area contributed by atoms with Crippen molar-refractivity contribution in [3.63, 3.8) is 0 Å². The fraction of sp³-hybridized carbons (Fsp3) is 0.385. The number of halogens is 1. The maximum absolute atomic E-state index is 13.1. The van der Waals surface area contributed by atoms with Gasteiger partial charge in [0, 0.05) is 25.9 Å². The second-order valence-corrected chi connectivity index (χ2v) is 3.86. The molecule has 0 aliphatic rings. The smallest absolute Gasteiger partial charge is 0.239 e. The summed E-state index contributed by atoms with van der Waals surface area (Å²) < 4.78 is 17.9. The second kappa shape index (κ2) is 8.06. The summed E-state index contributed by atoms with van der Waals surface area (Å²) >= 11 is 0. The Balaban J connectivity index is 2.36. The second-order valence-electron chi connectivity index (χ2n) is 3.86. The molecule has 0 aromatic heterocycles. The zero-order valence-electron chi connectivity index (χ0n) is 10.7. The molecule has 5 nitrogen and oxygen atoms in total. The maximum atomic E-state index is 13.1. The van der Waals surface area contributed by atoms with Crippen LogP contribution in [0.1, 0.15) is 12.0 Å². The average molecular weight is 265 g/mol. The average Bonchev–Trinajstić information content (AvgIpc) is 2.42. The minimum atomic E-state index is -0.572. The van der Waals surface area contributed by atoms with Crippen LogP contribution in [0.4, 0.5) is 10.1 Å². The molecular formula is C13H16FN3O2. The van der Waals surface area contributed by atoms with Gasteiger partial charge < -0.3 is 15.4 Å². The van der Waals surface area contributed by atoms with Crippen LogP contribution in [-0.4, -0.2) is 32.7 Å². The molecule has 1 rings (SSSR count). The largest absolute Gasteiger partial charge is 0.385 e. The number of ether oxygens (including phenoxy) is 1. The van der Waals surface area contributed by atoms with Crippen LogP contribution < -0.4 is 10.6 Å². The normalized spacial score (nSPS) is 9.74. The molecule has 102 valence electrons. The van der Waals surface area contributed by atoms with Gasteiger partial charge in [-0.05, 0) is 24.6 Å². The van der Waals surface area contributed by atoms with Gasteiger partial charge >= 0.3 is 0 Å². The first kappa shape index (κ1) is 14.9. The van der Waals surface area contributed by atoms with Gasteiger partial charge in [0.2, 0.25) is 5.91 Å². The zero-order chi connectivity index (χ0) is 14.1. The van der Waals surface area contributed by atoms with Gasteiger partial charge in [0.05, 0.1) is 12.1 Å². The number of carbonyl (C=O) groups excluding carboxylic acids is 1. The number of carbonyl (C=O) groups is 1. The number of nitrogens with zero attached hydrogens (tertiary/aromatic N) is 1. The number of nitrogens with one attached hydrogen (secondary N) is 2. The van der Waals surface area contributed by atoms with Crippen molar-refractivity contribution < 1.29 is 13.9 Å². The molecule has 1 aromatic carbocycles. The number of methoxy groups -OCH3 is 1. The Morgan fingerprint density at radius 1 is 1.53 bits per heavy atom. The molecule has 0 unspecified atom stereocenters. The summed E-state index contributed by atoms with van der Waals surface area (Å²) in [4.78, 5) is 11.4. The molecule has 0 atom stereocenters. The van der Waals surface area contributed by atoms with E-state index in [1.54, 1.807) is 13.2 Å². The fourth-order valence-electron chi connectivity index (χ4n) is 1.41. The highest BCUT2D eigenvalue weighted by Crippen LogP contribution is 2.13. The van der Waals surface area contributed by atoms with Crippen LogP contribution >= 0.6 is 0 Å². The SMILES string of the molecule is COCCCNC(=O)CNc1ccc(F)c(C#N)c1. The van der Waals surface area contributed by atoms with Crippen molar-refractivity contribution >= 4 is 11.6 Å². The summed E-state index contributed by atoms with van der Waals surface area (Å²) in [6.45, 7) is 1.21. The van der Waals surface area contributed by atoms with Crippen molar-refractivity contribution in [3.8, 4) is 6.07 Å². The third-order valence-electron chi connectivity index (χ3n) is 2.39. The maximum Gasteiger partial charge on any atom is 0.239 e. The van der Waals surface area contributed by atoms with Crippen molar-refractivity contribution in [3.05, 3.63) is 29.6 Å². The third-order valence-corrected chi connectivity index (χ3v) is 2.39. The van der Waals surface area contributed by atoms with Crippen LogP contribution in [0, 0.1) is 17.1 Å². The molecule has 19 heavy (non-hydrogen) atoms. The summed E-state index contributed by atoms with van der Waals surface area (Å²) in [5.74, 6) is -0.740. The highest BCUT2D eigenvalue weighted by molar-refractivity contribution is 5.80. The number of benzene rings is 1. The Kier molecular flexibility index (Phi) is 6.33. The number of amides is 1. The van der Waals surface area contributed by atoms with Crippen LogP contribution in [0.15, 0.2) is 18.2 Å². The Hall–Kier alpha value is -2.13. The lowest BCUT2D eigenvalue weighted by Crippen LogP contribution is -2.31. The number of hydrogen-bond donors (Lipinski definition) is 2. The van der Waals surface area contributed by atoms with Gasteiger partial charge in [0.25, 0.3) is 0 Å². The van der Waals surface area contributed by atoms with E-state index in [0.29, 0.717) is 18.8 Å².